The van der Waals surface area contributed by atoms with Crippen LogP contribution >= 0.6 is 0 Å². The maximum absolute atomic E-state index is 14.6. The van der Waals surface area contributed by atoms with Crippen molar-refractivity contribution in [3.63, 3.8) is 0 Å². The molecule has 0 bridgehead atoms. The molecule has 2 amide bonds. The van der Waals surface area contributed by atoms with Gasteiger partial charge >= 0.3 is 18.2 Å². The van der Waals surface area contributed by atoms with Gasteiger partial charge < -0.3 is 29.6 Å². The Morgan fingerprint density at radius 2 is 1.70 bits per heavy atom. The molecule has 0 radical (unpaired) electrons. The topological polar surface area (TPSA) is 159 Å². The molecule has 0 saturated heterocycles. The molecule has 3 heterocycles. The number of halogens is 1. The SMILES string of the molecule is CCOC(=O)c1cnn2c(N(C)C(=O)OC(C)(C)C)c(-c3ccccc3)c(NCc3cc(F)cnc3O[C@@H](C)CNC(=O)OC(C)(C)C)nc12. The average Bonchev–Trinajstić information content (AvgIpc) is 3.45. The predicted molar refractivity (Wildman–Crippen MR) is 185 cm³/mol. The molecular weight excluding hydrogens is 649 g/mol. The minimum atomic E-state index is -0.813. The van der Waals surface area contributed by atoms with Gasteiger partial charge in [-0.1, -0.05) is 30.3 Å². The van der Waals surface area contributed by atoms with Crippen LogP contribution in [0, 0.1) is 5.82 Å². The van der Waals surface area contributed by atoms with Crippen molar-refractivity contribution < 1.29 is 37.7 Å². The van der Waals surface area contributed by atoms with E-state index in [1.165, 1.54) is 28.7 Å². The van der Waals surface area contributed by atoms with Gasteiger partial charge in [-0.25, -0.2) is 28.7 Å². The molecule has 1 atom stereocenters. The Hall–Kier alpha value is -5.47. The molecule has 14 nitrogen and oxygen atoms in total. The smallest absolute Gasteiger partial charge is 0.415 e. The third-order valence-corrected chi connectivity index (χ3v) is 6.75. The van der Waals surface area contributed by atoms with Crippen LogP contribution in [0.2, 0.25) is 0 Å². The second-order valence-electron chi connectivity index (χ2n) is 13.4. The standard InChI is InChI=1S/C35H44FN7O7/c1-10-47-31(44)25-20-40-43-28(25)41-27(26(22-14-12-11-13-15-22)30(43)42(9)33(46)50-35(6,7)8)37-18-23-16-24(36)19-38-29(23)48-21(2)17-39-32(45)49-34(3,4)5/h11-16,19-21H,10,17-18H2,1-9H3,(H,37,41)(H,39,45)/t21-/m0/s1. The number of esters is 1. The van der Waals surface area contributed by atoms with Crippen LogP contribution in [0.5, 0.6) is 5.88 Å². The number of amides is 2. The van der Waals surface area contributed by atoms with E-state index in [-0.39, 0.29) is 48.4 Å². The highest BCUT2D eigenvalue weighted by molar-refractivity contribution is 6.00. The summed E-state index contributed by atoms with van der Waals surface area (Å²) >= 11 is 0. The highest BCUT2D eigenvalue weighted by atomic mass is 19.1. The minimum Gasteiger partial charge on any atom is -0.473 e. The second kappa shape index (κ2) is 15.4. The van der Waals surface area contributed by atoms with Crippen LogP contribution in [0.3, 0.4) is 0 Å². The predicted octanol–water partition coefficient (Wildman–Crippen LogP) is 6.38. The number of carbonyl (C=O) groups is 3. The van der Waals surface area contributed by atoms with Gasteiger partial charge in [0.05, 0.1) is 31.1 Å². The fourth-order valence-electron chi connectivity index (χ4n) is 4.71. The number of carbonyl (C=O) groups excluding carboxylic acids is 3. The Balaban J connectivity index is 1.78. The van der Waals surface area contributed by atoms with Crippen LogP contribution in [0.15, 0.2) is 48.8 Å². The van der Waals surface area contributed by atoms with Crippen molar-refractivity contribution in [1.29, 1.82) is 0 Å². The maximum Gasteiger partial charge on any atom is 0.415 e. The number of alkyl carbamates (subject to hydrolysis) is 1. The summed E-state index contributed by atoms with van der Waals surface area (Å²) in [5.74, 6) is -0.675. The van der Waals surface area contributed by atoms with E-state index in [1.54, 1.807) is 55.4 Å². The Morgan fingerprint density at radius 3 is 2.34 bits per heavy atom. The van der Waals surface area contributed by atoms with Crippen molar-refractivity contribution in [2.75, 3.05) is 30.4 Å². The molecule has 0 aliphatic heterocycles. The fraction of sp³-hybridized carbons (Fsp3) is 0.429. The van der Waals surface area contributed by atoms with Gasteiger partial charge in [0.2, 0.25) is 5.88 Å². The number of benzene rings is 1. The summed E-state index contributed by atoms with van der Waals surface area (Å²) in [5, 5.41) is 10.3. The monoisotopic (exact) mass is 693 g/mol. The minimum absolute atomic E-state index is 0.0478. The van der Waals surface area contributed by atoms with Crippen LogP contribution in [0.4, 0.5) is 25.6 Å². The molecule has 0 fully saturated rings. The molecule has 1 aromatic carbocycles. The number of anilines is 2. The molecule has 268 valence electrons. The van der Waals surface area contributed by atoms with Crippen LogP contribution in [-0.4, -0.2) is 75.2 Å². The first kappa shape index (κ1) is 37.4. The van der Waals surface area contributed by atoms with E-state index in [1.807, 2.05) is 30.3 Å². The van der Waals surface area contributed by atoms with E-state index in [0.29, 0.717) is 16.7 Å². The van der Waals surface area contributed by atoms with Crippen LogP contribution in [0.25, 0.3) is 16.8 Å². The average molecular weight is 694 g/mol. The summed E-state index contributed by atoms with van der Waals surface area (Å²) in [6.07, 6.45) is 0.492. The number of hydrogen-bond acceptors (Lipinski definition) is 11. The summed E-state index contributed by atoms with van der Waals surface area (Å²) in [6, 6.07) is 10.4. The molecule has 0 aliphatic rings. The fourth-order valence-corrected chi connectivity index (χ4v) is 4.71. The first-order chi connectivity index (χ1) is 23.5. The summed E-state index contributed by atoms with van der Waals surface area (Å²) < 4.78 is 38.2. The van der Waals surface area contributed by atoms with Gasteiger partial charge in [0.15, 0.2) is 11.5 Å². The third-order valence-electron chi connectivity index (χ3n) is 6.75. The summed E-state index contributed by atoms with van der Waals surface area (Å²) in [4.78, 5) is 48.9. The third kappa shape index (κ3) is 9.57. The van der Waals surface area contributed by atoms with Crippen molar-refractivity contribution in [1.82, 2.24) is 24.9 Å². The number of pyridine rings is 1. The van der Waals surface area contributed by atoms with Crippen LogP contribution in [0.1, 0.15) is 71.3 Å². The first-order valence-electron chi connectivity index (χ1n) is 16.1. The van der Waals surface area contributed by atoms with Crippen molar-refractivity contribution in [2.45, 2.75) is 79.2 Å². The lowest BCUT2D eigenvalue weighted by Crippen LogP contribution is -2.37. The van der Waals surface area contributed by atoms with E-state index >= 15 is 0 Å². The zero-order valence-electron chi connectivity index (χ0n) is 29.8. The number of fused-ring (bicyclic) bond motifs is 1. The largest absolute Gasteiger partial charge is 0.473 e. The molecule has 4 rings (SSSR count). The summed E-state index contributed by atoms with van der Waals surface area (Å²) in [7, 11) is 1.53. The summed E-state index contributed by atoms with van der Waals surface area (Å²) in [6.45, 7) is 14.1. The van der Waals surface area contributed by atoms with Crippen LogP contribution < -0.4 is 20.3 Å². The van der Waals surface area contributed by atoms with Gasteiger partial charge in [0, 0.05) is 19.2 Å². The Morgan fingerprint density at radius 1 is 1.02 bits per heavy atom. The molecule has 0 aliphatic carbocycles. The lowest BCUT2D eigenvalue weighted by Gasteiger charge is -2.27. The van der Waals surface area contributed by atoms with Gasteiger partial charge in [-0.2, -0.15) is 9.61 Å². The van der Waals surface area contributed by atoms with Gasteiger partial charge in [-0.15, -0.1) is 0 Å². The maximum atomic E-state index is 14.6. The Labute approximate surface area is 290 Å². The number of rotatable bonds is 11. The molecule has 0 saturated carbocycles. The lowest BCUT2D eigenvalue weighted by molar-refractivity contribution is 0.0499. The van der Waals surface area contributed by atoms with Crippen molar-refractivity contribution >= 4 is 35.4 Å². The van der Waals surface area contributed by atoms with Gasteiger partial charge in [0.1, 0.15) is 34.5 Å². The van der Waals surface area contributed by atoms with E-state index < -0.39 is 41.3 Å². The molecule has 50 heavy (non-hydrogen) atoms. The van der Waals surface area contributed by atoms with E-state index in [9.17, 15) is 18.8 Å². The molecular formula is C35H44FN7O7. The Kier molecular flexibility index (Phi) is 11.5. The van der Waals surface area contributed by atoms with E-state index in [2.05, 4.69) is 20.7 Å². The van der Waals surface area contributed by atoms with Crippen molar-refractivity contribution in [2.24, 2.45) is 0 Å². The van der Waals surface area contributed by atoms with E-state index in [4.69, 9.17) is 23.9 Å². The molecule has 0 spiro atoms. The van der Waals surface area contributed by atoms with Crippen LogP contribution in [-0.2, 0) is 20.8 Å². The molecule has 15 heteroatoms. The van der Waals surface area contributed by atoms with E-state index in [0.717, 1.165) is 6.20 Å². The Bertz CT molecular complexity index is 1840. The normalized spacial score (nSPS) is 12.2. The number of aromatic nitrogens is 4. The van der Waals surface area contributed by atoms with Gasteiger partial charge in [-0.3, -0.25) is 4.90 Å². The molecule has 3 aromatic heterocycles. The highest BCUT2D eigenvalue weighted by Gasteiger charge is 2.30. The second-order valence-corrected chi connectivity index (χ2v) is 13.4. The molecule has 4 aromatic rings. The molecule has 2 N–H and O–H groups in total. The zero-order chi connectivity index (χ0) is 36.8. The number of nitrogens with zero attached hydrogens (tertiary/aromatic N) is 5. The van der Waals surface area contributed by atoms with Crippen molar-refractivity contribution in [3.05, 3.63) is 65.7 Å². The molecule has 0 unspecified atom stereocenters. The van der Waals surface area contributed by atoms with Gasteiger partial charge in [0.25, 0.3) is 0 Å². The zero-order valence-corrected chi connectivity index (χ0v) is 29.8. The number of ether oxygens (including phenoxy) is 4. The number of nitrogens with one attached hydrogen (secondary N) is 2. The summed E-state index contributed by atoms with van der Waals surface area (Å²) in [5.41, 5.74) is 0.104. The van der Waals surface area contributed by atoms with Gasteiger partial charge in [-0.05, 0) is 67.0 Å². The number of hydrogen-bond donors (Lipinski definition) is 2. The first-order valence-corrected chi connectivity index (χ1v) is 16.1. The highest BCUT2D eigenvalue weighted by Crippen LogP contribution is 2.38. The lowest BCUT2D eigenvalue weighted by atomic mass is 10.1. The van der Waals surface area contributed by atoms with Crippen molar-refractivity contribution in [3.8, 4) is 17.0 Å². The quantitative estimate of drug-likeness (QED) is 0.133.